The van der Waals surface area contributed by atoms with Gasteiger partial charge in [-0.15, -0.1) is 11.3 Å². The fraction of sp³-hybridized carbons (Fsp3) is 0.238. The molecule has 3 rings (SSSR count). The van der Waals surface area contributed by atoms with Crippen molar-refractivity contribution in [3.63, 3.8) is 0 Å². The Labute approximate surface area is 165 Å². The molecular formula is C21H19F3N2OS. The Morgan fingerprint density at radius 3 is 2.32 bits per heavy atom. The van der Waals surface area contributed by atoms with Crippen molar-refractivity contribution >= 4 is 22.9 Å². The van der Waals surface area contributed by atoms with Crippen LogP contribution in [-0.4, -0.2) is 10.9 Å². The average Bonchev–Trinajstić information content (AvgIpc) is 3.19. The molecule has 0 spiro atoms. The molecule has 0 saturated carbocycles. The van der Waals surface area contributed by atoms with E-state index in [1.54, 1.807) is 55.8 Å². The normalized spacial score (nSPS) is 11.5. The van der Waals surface area contributed by atoms with Gasteiger partial charge in [0.2, 0.25) is 5.91 Å². The Bertz CT molecular complexity index is 997. The van der Waals surface area contributed by atoms with Gasteiger partial charge in [-0.3, -0.25) is 4.79 Å². The summed E-state index contributed by atoms with van der Waals surface area (Å²) < 4.78 is 42.5. The number of carbonyl (C=O) groups is 1. The molecule has 0 aliphatic rings. The summed E-state index contributed by atoms with van der Waals surface area (Å²) in [6.07, 6.45) is -2.79. The highest BCUT2D eigenvalue weighted by Gasteiger charge is 2.39. The van der Waals surface area contributed by atoms with Crippen molar-refractivity contribution in [1.82, 2.24) is 4.98 Å². The third-order valence-electron chi connectivity index (χ3n) is 4.64. The topological polar surface area (TPSA) is 42.0 Å². The molecule has 0 saturated heterocycles. The van der Waals surface area contributed by atoms with Gasteiger partial charge in [-0.2, -0.15) is 13.2 Å². The number of hydrogen-bond donors (Lipinski definition) is 1. The first-order valence-corrected chi connectivity index (χ1v) is 9.63. The van der Waals surface area contributed by atoms with Crippen LogP contribution in [0.4, 0.5) is 18.9 Å². The van der Waals surface area contributed by atoms with Gasteiger partial charge in [0.05, 0.1) is 11.3 Å². The number of nitrogens with one attached hydrogen (secondary N) is 1. The number of carbonyl (C=O) groups excluding carboxylic acids is 1. The number of nitrogens with zero attached hydrogens (tertiary/aromatic N) is 1. The lowest BCUT2D eigenvalue weighted by molar-refractivity contribution is -0.137. The number of anilines is 1. The molecule has 0 fully saturated rings. The maximum absolute atomic E-state index is 14.2. The van der Waals surface area contributed by atoms with Crippen LogP contribution in [0.3, 0.4) is 0 Å². The van der Waals surface area contributed by atoms with Crippen molar-refractivity contribution in [1.29, 1.82) is 0 Å². The molecule has 0 aliphatic carbocycles. The maximum atomic E-state index is 14.2. The largest absolute Gasteiger partial charge is 0.417 e. The number of thiazole rings is 1. The van der Waals surface area contributed by atoms with E-state index >= 15 is 0 Å². The lowest BCUT2D eigenvalue weighted by Gasteiger charge is -2.25. The van der Waals surface area contributed by atoms with Crippen LogP contribution in [0.15, 0.2) is 41.9 Å². The van der Waals surface area contributed by atoms with Crippen molar-refractivity contribution in [2.24, 2.45) is 0 Å². The first-order chi connectivity index (χ1) is 13.3. The van der Waals surface area contributed by atoms with E-state index in [0.29, 0.717) is 27.4 Å². The minimum absolute atomic E-state index is 0.0394. The quantitative estimate of drug-likeness (QED) is 0.542. The number of halogens is 3. The van der Waals surface area contributed by atoms with Gasteiger partial charge in [-0.1, -0.05) is 37.3 Å². The Kier molecular flexibility index (Phi) is 5.56. The molecule has 0 aliphatic heterocycles. The van der Waals surface area contributed by atoms with Gasteiger partial charge in [-0.05, 0) is 30.5 Å². The zero-order valence-electron chi connectivity index (χ0n) is 15.6. The van der Waals surface area contributed by atoms with Crippen LogP contribution in [0, 0.1) is 13.8 Å². The molecule has 3 nitrogen and oxygen atoms in total. The minimum atomic E-state index is -4.56. The predicted octanol–water partition coefficient (Wildman–Crippen LogP) is 6.46. The second-order valence-electron chi connectivity index (χ2n) is 6.35. The van der Waals surface area contributed by atoms with E-state index in [1.807, 2.05) is 0 Å². The minimum Gasteiger partial charge on any atom is -0.325 e. The van der Waals surface area contributed by atoms with E-state index in [1.165, 1.54) is 18.3 Å². The average molecular weight is 404 g/mol. The van der Waals surface area contributed by atoms with Crippen LogP contribution in [0.25, 0.3) is 21.7 Å². The first kappa shape index (κ1) is 20.1. The fourth-order valence-corrected chi connectivity index (χ4v) is 3.89. The summed E-state index contributed by atoms with van der Waals surface area (Å²) in [6, 6.07) is 8.42. The lowest BCUT2D eigenvalue weighted by Crippen LogP contribution is -2.17. The molecule has 0 unspecified atom stereocenters. The van der Waals surface area contributed by atoms with E-state index in [-0.39, 0.29) is 23.5 Å². The SMILES string of the molecule is CCC(=O)Nc1c(C)c(C)c(C(F)(F)F)c(-c2ccccc2)c1-c1nccs1. The molecule has 0 radical (unpaired) electrons. The highest BCUT2D eigenvalue weighted by Crippen LogP contribution is 2.49. The summed E-state index contributed by atoms with van der Waals surface area (Å²) in [6.45, 7) is 4.74. The van der Waals surface area contributed by atoms with Crippen LogP contribution in [0.2, 0.25) is 0 Å². The molecule has 0 atom stereocenters. The van der Waals surface area contributed by atoms with Gasteiger partial charge in [0.15, 0.2) is 0 Å². The van der Waals surface area contributed by atoms with E-state index in [4.69, 9.17) is 0 Å². The Morgan fingerprint density at radius 2 is 1.79 bits per heavy atom. The highest BCUT2D eigenvalue weighted by atomic mass is 32.1. The second-order valence-corrected chi connectivity index (χ2v) is 7.25. The molecule has 7 heteroatoms. The molecule has 2 aromatic carbocycles. The van der Waals surface area contributed by atoms with Crippen LogP contribution in [0.5, 0.6) is 0 Å². The van der Waals surface area contributed by atoms with Crippen LogP contribution < -0.4 is 5.32 Å². The Morgan fingerprint density at radius 1 is 1.11 bits per heavy atom. The number of aromatic nitrogens is 1. The Balaban J connectivity index is 2.50. The van der Waals surface area contributed by atoms with Crippen molar-refractivity contribution in [2.75, 3.05) is 5.32 Å². The number of alkyl halides is 3. The van der Waals surface area contributed by atoms with E-state index in [9.17, 15) is 18.0 Å². The van der Waals surface area contributed by atoms with Crippen molar-refractivity contribution < 1.29 is 18.0 Å². The first-order valence-electron chi connectivity index (χ1n) is 8.75. The summed E-state index contributed by atoms with van der Waals surface area (Å²) in [5.41, 5.74) is 0.935. The van der Waals surface area contributed by atoms with Gasteiger partial charge in [0, 0.05) is 29.1 Å². The summed E-state index contributed by atoms with van der Waals surface area (Å²) in [5.74, 6) is -0.265. The number of rotatable bonds is 4. The Hall–Kier alpha value is -2.67. The summed E-state index contributed by atoms with van der Waals surface area (Å²) in [7, 11) is 0. The second kappa shape index (κ2) is 7.75. The standard InChI is InChI=1S/C21H19F3N2OS/c1-4-15(27)26-19-13(3)12(2)18(21(22,23)24)16(14-8-6-5-7-9-14)17(19)20-25-10-11-28-20/h5-11H,4H2,1-3H3,(H,26,27). The smallest absolute Gasteiger partial charge is 0.325 e. The number of benzene rings is 2. The third-order valence-corrected chi connectivity index (χ3v) is 5.43. The molecule has 1 amide bonds. The van der Waals surface area contributed by atoms with Gasteiger partial charge in [0.1, 0.15) is 5.01 Å². The number of amides is 1. The van der Waals surface area contributed by atoms with Gasteiger partial charge >= 0.3 is 6.18 Å². The van der Waals surface area contributed by atoms with E-state index < -0.39 is 11.7 Å². The highest BCUT2D eigenvalue weighted by molar-refractivity contribution is 7.13. The zero-order valence-corrected chi connectivity index (χ0v) is 16.5. The third kappa shape index (κ3) is 3.67. The molecule has 1 N–H and O–H groups in total. The molecule has 1 aromatic heterocycles. The van der Waals surface area contributed by atoms with Crippen LogP contribution >= 0.6 is 11.3 Å². The monoisotopic (exact) mass is 404 g/mol. The van der Waals surface area contributed by atoms with Gasteiger partial charge in [-0.25, -0.2) is 4.98 Å². The zero-order chi connectivity index (χ0) is 20.5. The summed E-state index contributed by atoms with van der Waals surface area (Å²) in [5, 5.41) is 4.94. The molecule has 146 valence electrons. The predicted molar refractivity (Wildman–Crippen MR) is 106 cm³/mol. The molecular weight excluding hydrogens is 385 g/mol. The van der Waals surface area contributed by atoms with Crippen LogP contribution in [0.1, 0.15) is 30.0 Å². The van der Waals surface area contributed by atoms with Crippen molar-refractivity contribution in [3.8, 4) is 21.7 Å². The van der Waals surface area contributed by atoms with Crippen molar-refractivity contribution in [2.45, 2.75) is 33.4 Å². The van der Waals surface area contributed by atoms with Crippen LogP contribution in [-0.2, 0) is 11.0 Å². The molecule has 1 heterocycles. The fourth-order valence-electron chi connectivity index (χ4n) is 3.19. The molecule has 3 aromatic rings. The van der Waals surface area contributed by atoms with Crippen molar-refractivity contribution in [3.05, 3.63) is 58.6 Å². The molecule has 0 bridgehead atoms. The maximum Gasteiger partial charge on any atom is 0.417 e. The number of hydrogen-bond acceptors (Lipinski definition) is 3. The molecule has 28 heavy (non-hydrogen) atoms. The lowest BCUT2D eigenvalue weighted by atomic mass is 9.86. The van der Waals surface area contributed by atoms with Gasteiger partial charge in [0.25, 0.3) is 0 Å². The summed E-state index contributed by atoms with van der Waals surface area (Å²) in [4.78, 5) is 16.4. The van der Waals surface area contributed by atoms with E-state index in [2.05, 4.69) is 10.3 Å². The summed E-state index contributed by atoms with van der Waals surface area (Å²) >= 11 is 1.24. The van der Waals surface area contributed by atoms with Gasteiger partial charge < -0.3 is 5.32 Å². The van der Waals surface area contributed by atoms with E-state index in [0.717, 1.165) is 0 Å².